The summed E-state index contributed by atoms with van der Waals surface area (Å²) in [6.07, 6.45) is 3.23. The number of rotatable bonds is 8. The molecule has 0 saturated carbocycles. The summed E-state index contributed by atoms with van der Waals surface area (Å²) in [4.78, 5) is 20.6. The van der Waals surface area contributed by atoms with Gasteiger partial charge in [0.1, 0.15) is 5.75 Å². The van der Waals surface area contributed by atoms with Crippen molar-refractivity contribution < 1.29 is 18.3 Å². The molecule has 3 rings (SSSR count). The highest BCUT2D eigenvalue weighted by molar-refractivity contribution is 7.99. The van der Waals surface area contributed by atoms with E-state index in [2.05, 4.69) is 20.0 Å². The lowest BCUT2D eigenvalue weighted by molar-refractivity contribution is -0.119. The monoisotopic (exact) mass is 401 g/mol. The molecule has 2 aromatic carbocycles. The second kappa shape index (κ2) is 9.80. The summed E-state index contributed by atoms with van der Waals surface area (Å²) in [5.74, 6) is 0.0211. The summed E-state index contributed by atoms with van der Waals surface area (Å²) >= 11 is 1.23. The van der Waals surface area contributed by atoms with Gasteiger partial charge >= 0.3 is 6.61 Å². The Hall–Kier alpha value is -3.00. The number of amides is 1. The first-order valence-corrected chi connectivity index (χ1v) is 9.39. The van der Waals surface area contributed by atoms with Crippen molar-refractivity contribution in [2.75, 3.05) is 5.75 Å². The maximum Gasteiger partial charge on any atom is 0.387 e. The van der Waals surface area contributed by atoms with Crippen molar-refractivity contribution in [1.82, 2.24) is 15.3 Å². The van der Waals surface area contributed by atoms with E-state index in [0.29, 0.717) is 5.16 Å². The van der Waals surface area contributed by atoms with Gasteiger partial charge in [0.15, 0.2) is 5.16 Å². The minimum Gasteiger partial charge on any atom is -0.435 e. The third kappa shape index (κ3) is 5.75. The first-order valence-electron chi connectivity index (χ1n) is 8.41. The van der Waals surface area contributed by atoms with Crippen LogP contribution in [0.15, 0.2) is 78.2 Å². The van der Waals surface area contributed by atoms with Crippen LogP contribution in [0.4, 0.5) is 8.78 Å². The highest BCUT2D eigenvalue weighted by Crippen LogP contribution is 2.25. The van der Waals surface area contributed by atoms with E-state index in [1.54, 1.807) is 30.6 Å². The Bertz CT molecular complexity index is 881. The number of thioether (sulfide) groups is 1. The van der Waals surface area contributed by atoms with Crippen molar-refractivity contribution in [3.8, 4) is 5.75 Å². The van der Waals surface area contributed by atoms with E-state index in [9.17, 15) is 13.6 Å². The van der Waals surface area contributed by atoms with Gasteiger partial charge in [0.05, 0.1) is 11.8 Å². The van der Waals surface area contributed by atoms with Crippen LogP contribution in [0.25, 0.3) is 0 Å². The molecule has 3 aromatic rings. The molecule has 8 heteroatoms. The Morgan fingerprint density at radius 1 is 0.964 bits per heavy atom. The molecular weight excluding hydrogens is 384 g/mol. The third-order valence-electron chi connectivity index (χ3n) is 3.75. The molecule has 0 radical (unpaired) electrons. The summed E-state index contributed by atoms with van der Waals surface area (Å²) in [7, 11) is 0. The van der Waals surface area contributed by atoms with Crippen molar-refractivity contribution in [3.05, 3.63) is 84.2 Å². The minimum atomic E-state index is -2.88. The summed E-state index contributed by atoms with van der Waals surface area (Å²) in [5, 5.41) is 3.49. The van der Waals surface area contributed by atoms with Crippen LogP contribution in [-0.4, -0.2) is 28.2 Å². The average molecular weight is 401 g/mol. The molecule has 0 bridgehead atoms. The third-order valence-corrected chi connectivity index (χ3v) is 4.63. The molecule has 0 aliphatic rings. The van der Waals surface area contributed by atoms with E-state index in [4.69, 9.17) is 0 Å². The van der Waals surface area contributed by atoms with E-state index >= 15 is 0 Å². The topological polar surface area (TPSA) is 64.1 Å². The zero-order valence-corrected chi connectivity index (χ0v) is 15.5. The quantitative estimate of drug-likeness (QED) is 0.455. The molecule has 144 valence electrons. The number of nitrogens with one attached hydrogen (secondary N) is 1. The number of benzene rings is 2. The molecule has 0 aliphatic carbocycles. The molecule has 28 heavy (non-hydrogen) atoms. The number of nitrogens with zero attached hydrogens (tertiary/aromatic N) is 2. The zero-order valence-electron chi connectivity index (χ0n) is 14.7. The molecular formula is C20H17F2N3O2S. The Balaban J connectivity index is 1.73. The maximum atomic E-state index is 12.5. The van der Waals surface area contributed by atoms with E-state index < -0.39 is 12.7 Å². The number of aromatic nitrogens is 2. The molecule has 0 fully saturated rings. The highest BCUT2D eigenvalue weighted by Gasteiger charge is 2.17. The van der Waals surface area contributed by atoms with E-state index in [0.717, 1.165) is 11.1 Å². The fourth-order valence-electron chi connectivity index (χ4n) is 2.54. The van der Waals surface area contributed by atoms with Crippen molar-refractivity contribution in [2.45, 2.75) is 17.8 Å². The van der Waals surface area contributed by atoms with Gasteiger partial charge in [0, 0.05) is 12.4 Å². The molecule has 0 aliphatic heterocycles. The first kappa shape index (κ1) is 19.8. The van der Waals surface area contributed by atoms with Crippen LogP contribution in [0.1, 0.15) is 17.2 Å². The molecule has 0 saturated heterocycles. The first-order chi connectivity index (χ1) is 13.6. The van der Waals surface area contributed by atoms with Crippen LogP contribution in [0.5, 0.6) is 5.75 Å². The largest absolute Gasteiger partial charge is 0.435 e. The fourth-order valence-corrected chi connectivity index (χ4v) is 3.15. The van der Waals surface area contributed by atoms with Gasteiger partial charge in [-0.3, -0.25) is 4.79 Å². The van der Waals surface area contributed by atoms with Crippen molar-refractivity contribution >= 4 is 17.7 Å². The number of carbonyl (C=O) groups excluding carboxylic acids is 1. The Kier molecular flexibility index (Phi) is 6.91. The Morgan fingerprint density at radius 2 is 1.61 bits per heavy atom. The number of carbonyl (C=O) groups is 1. The highest BCUT2D eigenvalue weighted by atomic mass is 32.2. The fraction of sp³-hybridized carbons (Fsp3) is 0.150. The molecule has 0 spiro atoms. The van der Waals surface area contributed by atoms with Crippen LogP contribution in [-0.2, 0) is 4.79 Å². The second-order valence-corrected chi connectivity index (χ2v) is 6.62. The van der Waals surface area contributed by atoms with Crippen LogP contribution in [0, 0.1) is 0 Å². The second-order valence-electron chi connectivity index (χ2n) is 5.68. The van der Waals surface area contributed by atoms with Gasteiger partial charge in [-0.15, -0.1) is 0 Å². The molecule has 1 N–H and O–H groups in total. The molecule has 0 unspecified atom stereocenters. The van der Waals surface area contributed by atoms with Gasteiger partial charge < -0.3 is 10.1 Å². The molecule has 1 atom stereocenters. The van der Waals surface area contributed by atoms with Crippen LogP contribution in [0.2, 0.25) is 0 Å². The predicted octanol–water partition coefficient (Wildman–Crippen LogP) is 4.08. The lowest BCUT2D eigenvalue weighted by Gasteiger charge is -2.20. The van der Waals surface area contributed by atoms with Gasteiger partial charge in [-0.25, -0.2) is 9.97 Å². The normalized spacial score (nSPS) is 11.8. The average Bonchev–Trinajstić information content (AvgIpc) is 2.72. The van der Waals surface area contributed by atoms with Crippen molar-refractivity contribution in [2.24, 2.45) is 0 Å². The lowest BCUT2D eigenvalue weighted by atomic mass is 9.98. The smallest absolute Gasteiger partial charge is 0.387 e. The van der Waals surface area contributed by atoms with E-state index in [1.165, 1.54) is 23.9 Å². The number of hydrogen-bond donors (Lipinski definition) is 1. The molecule has 5 nitrogen and oxygen atoms in total. The standard InChI is InChI=1S/C20H17F2N3O2S/c21-19(22)27-16-9-7-15(8-10-16)18(14-5-2-1-3-6-14)25-17(26)13-28-20-23-11-4-12-24-20/h1-12,18-19H,13H2,(H,25,26)/t18-/m1/s1. The SMILES string of the molecule is O=C(CSc1ncccn1)N[C@H](c1ccccc1)c1ccc(OC(F)F)cc1. The summed E-state index contributed by atoms with van der Waals surface area (Å²) in [5.41, 5.74) is 1.63. The van der Waals surface area contributed by atoms with Gasteiger partial charge in [-0.05, 0) is 29.3 Å². The lowest BCUT2D eigenvalue weighted by Crippen LogP contribution is -2.30. The van der Waals surface area contributed by atoms with Gasteiger partial charge in [-0.1, -0.05) is 54.2 Å². The zero-order chi connectivity index (χ0) is 19.8. The van der Waals surface area contributed by atoms with Gasteiger partial charge in [0.25, 0.3) is 0 Å². The van der Waals surface area contributed by atoms with Crippen LogP contribution in [0.3, 0.4) is 0 Å². The van der Waals surface area contributed by atoms with Gasteiger partial charge in [0.2, 0.25) is 5.91 Å². The molecule has 1 amide bonds. The number of ether oxygens (including phenoxy) is 1. The summed E-state index contributed by atoms with van der Waals surface area (Å²) in [6.45, 7) is -2.88. The molecule has 1 aromatic heterocycles. The van der Waals surface area contributed by atoms with E-state index in [1.807, 2.05) is 30.3 Å². The maximum absolute atomic E-state index is 12.5. The van der Waals surface area contributed by atoms with Crippen LogP contribution >= 0.6 is 11.8 Å². The van der Waals surface area contributed by atoms with E-state index in [-0.39, 0.29) is 17.4 Å². The Labute approximate surface area is 165 Å². The Morgan fingerprint density at radius 3 is 2.25 bits per heavy atom. The van der Waals surface area contributed by atoms with Gasteiger partial charge in [-0.2, -0.15) is 8.78 Å². The summed E-state index contributed by atoms with van der Waals surface area (Å²) in [6, 6.07) is 16.9. The predicted molar refractivity (Wildman–Crippen MR) is 102 cm³/mol. The molecule has 1 heterocycles. The number of hydrogen-bond acceptors (Lipinski definition) is 5. The minimum absolute atomic E-state index is 0.0636. The number of alkyl halides is 2. The van der Waals surface area contributed by atoms with Crippen molar-refractivity contribution in [3.63, 3.8) is 0 Å². The van der Waals surface area contributed by atoms with Crippen LogP contribution < -0.4 is 10.1 Å². The summed E-state index contributed by atoms with van der Waals surface area (Å²) < 4.78 is 29.1. The number of halogens is 2. The van der Waals surface area contributed by atoms with Crippen molar-refractivity contribution in [1.29, 1.82) is 0 Å².